The summed E-state index contributed by atoms with van der Waals surface area (Å²) in [6.45, 7) is 5.14. The Morgan fingerprint density at radius 2 is 2.16 bits per heavy atom. The number of hydrogen-bond donors (Lipinski definition) is 1. The first-order valence-corrected chi connectivity index (χ1v) is 6.71. The van der Waals surface area contributed by atoms with E-state index >= 15 is 0 Å². The lowest BCUT2D eigenvalue weighted by Gasteiger charge is -2.27. The van der Waals surface area contributed by atoms with Gasteiger partial charge in [-0.3, -0.25) is 4.90 Å². The second-order valence-electron chi connectivity index (χ2n) is 4.56. The number of likely N-dealkylation sites (N-methyl/N-ethyl adjacent to an activating group) is 1. The van der Waals surface area contributed by atoms with Gasteiger partial charge in [0.25, 0.3) is 0 Å². The predicted molar refractivity (Wildman–Crippen MR) is 77.1 cm³/mol. The number of nitrogens with zero attached hydrogens (tertiary/aromatic N) is 1. The lowest BCUT2D eigenvalue weighted by Crippen LogP contribution is -2.35. The topological polar surface area (TPSA) is 51.6 Å². The number of nitrogens with two attached hydrogens (primary N) is 1. The molecule has 0 fully saturated rings. The Morgan fingerprint density at radius 3 is 2.79 bits per heavy atom. The second-order valence-corrected chi connectivity index (χ2v) is 4.56. The van der Waals surface area contributed by atoms with Crippen molar-refractivity contribution in [3.8, 4) is 0 Å². The summed E-state index contributed by atoms with van der Waals surface area (Å²) >= 11 is 0. The number of benzene rings is 1. The van der Waals surface area contributed by atoms with Crippen molar-refractivity contribution in [2.24, 2.45) is 5.73 Å². The van der Waals surface area contributed by atoms with Crippen molar-refractivity contribution in [2.45, 2.75) is 13.0 Å². The van der Waals surface area contributed by atoms with E-state index in [4.69, 9.17) is 14.9 Å². The third kappa shape index (κ3) is 3.15. The van der Waals surface area contributed by atoms with Crippen LogP contribution in [0.2, 0.25) is 0 Å². The van der Waals surface area contributed by atoms with Gasteiger partial charge in [-0.15, -0.1) is 0 Å². The van der Waals surface area contributed by atoms with Crippen LogP contribution in [0.4, 0.5) is 0 Å². The summed E-state index contributed by atoms with van der Waals surface area (Å²) in [6, 6.07) is 10.2. The van der Waals surface area contributed by atoms with Crippen LogP contribution >= 0.6 is 0 Å². The van der Waals surface area contributed by atoms with Crippen molar-refractivity contribution in [3.63, 3.8) is 0 Å². The van der Waals surface area contributed by atoms with Crippen molar-refractivity contribution in [1.29, 1.82) is 0 Å². The number of rotatable bonds is 7. The molecular weight excluding hydrogens is 240 g/mol. The maximum absolute atomic E-state index is 5.93. The summed E-state index contributed by atoms with van der Waals surface area (Å²) in [5.74, 6) is 0.932. The Kier molecular flexibility index (Phi) is 4.96. The quantitative estimate of drug-likeness (QED) is 0.832. The Labute approximate surface area is 114 Å². The molecule has 19 heavy (non-hydrogen) atoms. The fourth-order valence-corrected chi connectivity index (χ4v) is 2.35. The first-order valence-electron chi connectivity index (χ1n) is 6.71. The summed E-state index contributed by atoms with van der Waals surface area (Å²) in [7, 11) is 1.71. The highest BCUT2D eigenvalue weighted by Crippen LogP contribution is 2.26. The van der Waals surface area contributed by atoms with Gasteiger partial charge < -0.3 is 14.9 Å². The smallest absolute Gasteiger partial charge is 0.134 e. The lowest BCUT2D eigenvalue weighted by molar-refractivity contribution is 0.118. The highest BCUT2D eigenvalue weighted by molar-refractivity contribution is 5.77. The molecule has 104 valence electrons. The molecule has 1 heterocycles. The van der Waals surface area contributed by atoms with Gasteiger partial charge in [-0.1, -0.05) is 25.1 Å². The maximum Gasteiger partial charge on any atom is 0.134 e. The summed E-state index contributed by atoms with van der Waals surface area (Å²) in [6.07, 6.45) is 0. The number of methoxy groups -OCH3 is 1. The Bertz CT molecular complexity index is 477. The minimum absolute atomic E-state index is 0.104. The summed E-state index contributed by atoms with van der Waals surface area (Å²) in [5.41, 5.74) is 6.85. The molecule has 0 aliphatic carbocycles. The van der Waals surface area contributed by atoms with Crippen LogP contribution in [0.25, 0.3) is 11.0 Å². The molecule has 1 aromatic carbocycles. The number of ether oxygens (including phenoxy) is 1. The molecule has 4 nitrogen and oxygen atoms in total. The van der Waals surface area contributed by atoms with E-state index in [1.807, 2.05) is 18.2 Å². The standard InChI is InChI=1S/C15H22N2O2/c1-3-17(8-9-18-2)13(11-16)15-10-12-6-4-5-7-14(12)19-15/h4-7,10,13H,3,8-9,11,16H2,1-2H3. The normalized spacial score (nSPS) is 13.3. The largest absolute Gasteiger partial charge is 0.459 e. The molecule has 2 N–H and O–H groups in total. The highest BCUT2D eigenvalue weighted by atomic mass is 16.5. The molecule has 0 amide bonds. The van der Waals surface area contributed by atoms with Gasteiger partial charge in [-0.25, -0.2) is 0 Å². The van der Waals surface area contributed by atoms with Gasteiger partial charge in [-0.2, -0.15) is 0 Å². The Balaban J connectivity index is 2.24. The van der Waals surface area contributed by atoms with E-state index in [-0.39, 0.29) is 6.04 Å². The first kappa shape index (κ1) is 14.1. The minimum atomic E-state index is 0.104. The van der Waals surface area contributed by atoms with E-state index in [0.29, 0.717) is 13.2 Å². The van der Waals surface area contributed by atoms with Crippen LogP contribution in [0, 0.1) is 0 Å². The molecule has 2 rings (SSSR count). The molecule has 0 aliphatic heterocycles. The zero-order valence-corrected chi connectivity index (χ0v) is 11.6. The van der Waals surface area contributed by atoms with Crippen LogP contribution in [0.1, 0.15) is 18.7 Å². The third-order valence-electron chi connectivity index (χ3n) is 3.43. The number of fused-ring (bicyclic) bond motifs is 1. The van der Waals surface area contributed by atoms with Crippen LogP contribution < -0.4 is 5.73 Å². The van der Waals surface area contributed by atoms with Crippen molar-refractivity contribution in [1.82, 2.24) is 4.90 Å². The van der Waals surface area contributed by atoms with Gasteiger partial charge in [0.05, 0.1) is 12.6 Å². The molecule has 0 radical (unpaired) electrons. The minimum Gasteiger partial charge on any atom is -0.459 e. The molecule has 0 bridgehead atoms. The fourth-order valence-electron chi connectivity index (χ4n) is 2.35. The molecule has 1 atom stereocenters. The predicted octanol–water partition coefficient (Wildman–Crippen LogP) is 2.40. The summed E-state index contributed by atoms with van der Waals surface area (Å²) < 4.78 is 11.1. The van der Waals surface area contributed by atoms with Gasteiger partial charge in [0.2, 0.25) is 0 Å². The van der Waals surface area contributed by atoms with Gasteiger partial charge >= 0.3 is 0 Å². The molecule has 1 unspecified atom stereocenters. The second kappa shape index (κ2) is 6.70. The first-order chi connectivity index (χ1) is 9.30. The van der Waals surface area contributed by atoms with E-state index in [2.05, 4.69) is 24.0 Å². The Morgan fingerprint density at radius 1 is 1.37 bits per heavy atom. The molecule has 2 aromatic rings. The van der Waals surface area contributed by atoms with Gasteiger partial charge in [-0.05, 0) is 18.7 Å². The molecule has 0 saturated heterocycles. The average molecular weight is 262 g/mol. The third-order valence-corrected chi connectivity index (χ3v) is 3.43. The lowest BCUT2D eigenvalue weighted by atomic mass is 10.1. The summed E-state index contributed by atoms with van der Waals surface area (Å²) in [5, 5.41) is 1.12. The van der Waals surface area contributed by atoms with Crippen LogP contribution in [-0.2, 0) is 4.74 Å². The molecule has 1 aromatic heterocycles. The van der Waals surface area contributed by atoms with Crippen molar-refractivity contribution in [2.75, 3.05) is 33.4 Å². The molecule has 0 aliphatic rings. The van der Waals surface area contributed by atoms with Gasteiger partial charge in [0.15, 0.2) is 0 Å². The molecule has 0 saturated carbocycles. The van der Waals surface area contributed by atoms with Crippen molar-refractivity contribution in [3.05, 3.63) is 36.1 Å². The van der Waals surface area contributed by atoms with Gasteiger partial charge in [0.1, 0.15) is 11.3 Å². The zero-order valence-electron chi connectivity index (χ0n) is 11.6. The average Bonchev–Trinajstić information content (AvgIpc) is 2.86. The monoisotopic (exact) mass is 262 g/mol. The zero-order chi connectivity index (χ0) is 13.7. The van der Waals surface area contributed by atoms with E-state index in [1.165, 1.54) is 0 Å². The highest BCUT2D eigenvalue weighted by Gasteiger charge is 2.21. The Hall–Kier alpha value is -1.36. The van der Waals surface area contributed by atoms with E-state index in [9.17, 15) is 0 Å². The van der Waals surface area contributed by atoms with Crippen LogP contribution in [0.5, 0.6) is 0 Å². The molecule has 4 heteroatoms. The summed E-state index contributed by atoms with van der Waals surface area (Å²) in [4.78, 5) is 2.28. The number of para-hydroxylation sites is 1. The number of furan rings is 1. The maximum atomic E-state index is 5.93. The van der Waals surface area contributed by atoms with Crippen LogP contribution in [0.15, 0.2) is 34.7 Å². The van der Waals surface area contributed by atoms with Crippen LogP contribution in [0.3, 0.4) is 0 Å². The molecule has 0 spiro atoms. The fraction of sp³-hybridized carbons (Fsp3) is 0.467. The molecular formula is C15H22N2O2. The number of hydrogen-bond acceptors (Lipinski definition) is 4. The SMILES string of the molecule is CCN(CCOC)C(CN)c1cc2ccccc2o1. The van der Waals surface area contributed by atoms with Gasteiger partial charge in [0, 0.05) is 25.6 Å². The van der Waals surface area contributed by atoms with Crippen molar-refractivity contribution < 1.29 is 9.15 Å². The van der Waals surface area contributed by atoms with Crippen LogP contribution in [-0.4, -0.2) is 38.3 Å². The van der Waals surface area contributed by atoms with E-state index < -0.39 is 0 Å². The van der Waals surface area contributed by atoms with E-state index in [0.717, 1.165) is 29.8 Å². The van der Waals surface area contributed by atoms with Crippen molar-refractivity contribution >= 4 is 11.0 Å². The van der Waals surface area contributed by atoms with E-state index in [1.54, 1.807) is 7.11 Å².